The summed E-state index contributed by atoms with van der Waals surface area (Å²) >= 11 is 12.3. The minimum atomic E-state index is -0.0904. The normalized spacial score (nSPS) is 12.2. The number of hydrogen-bond donors (Lipinski definition) is 1. The zero-order chi connectivity index (χ0) is 14.7. The summed E-state index contributed by atoms with van der Waals surface area (Å²) in [6.45, 7) is 4.27. The average molecular weight is 310 g/mol. The third kappa shape index (κ3) is 3.45. The van der Waals surface area contributed by atoms with Crippen LogP contribution in [0, 0.1) is 6.92 Å². The lowest BCUT2D eigenvalue weighted by atomic mass is 10.1. The van der Waals surface area contributed by atoms with Gasteiger partial charge in [0.1, 0.15) is 12.4 Å². The Morgan fingerprint density at radius 2 is 1.80 bits per heavy atom. The Morgan fingerprint density at radius 1 is 1.15 bits per heavy atom. The van der Waals surface area contributed by atoms with Crippen molar-refractivity contribution in [1.29, 1.82) is 0 Å². The molecule has 0 radical (unpaired) electrons. The van der Waals surface area contributed by atoms with Crippen LogP contribution in [0.4, 0.5) is 0 Å². The zero-order valence-corrected chi connectivity index (χ0v) is 13.0. The van der Waals surface area contributed by atoms with Gasteiger partial charge in [-0.3, -0.25) is 0 Å². The molecule has 0 aliphatic heterocycles. The van der Waals surface area contributed by atoms with Crippen molar-refractivity contribution in [2.75, 3.05) is 0 Å². The summed E-state index contributed by atoms with van der Waals surface area (Å²) in [5.41, 5.74) is 8.84. The molecule has 2 aromatic rings. The van der Waals surface area contributed by atoms with Crippen LogP contribution in [0.2, 0.25) is 10.0 Å². The first-order chi connectivity index (χ1) is 9.49. The van der Waals surface area contributed by atoms with Crippen LogP contribution in [-0.4, -0.2) is 0 Å². The molecule has 0 bridgehead atoms. The minimum absolute atomic E-state index is 0.0904. The van der Waals surface area contributed by atoms with Gasteiger partial charge in [0.05, 0.1) is 0 Å². The van der Waals surface area contributed by atoms with E-state index in [0.29, 0.717) is 16.7 Å². The summed E-state index contributed by atoms with van der Waals surface area (Å²) in [5, 5.41) is 1.21. The maximum absolute atomic E-state index is 6.14. The maximum Gasteiger partial charge on any atom is 0.124 e. The predicted molar refractivity (Wildman–Crippen MR) is 84.6 cm³/mol. The van der Waals surface area contributed by atoms with E-state index in [4.69, 9.17) is 33.7 Å². The van der Waals surface area contributed by atoms with Gasteiger partial charge in [-0.05, 0) is 37.6 Å². The van der Waals surface area contributed by atoms with Crippen LogP contribution in [0.3, 0.4) is 0 Å². The number of halogens is 2. The highest BCUT2D eigenvalue weighted by Crippen LogP contribution is 2.29. The average Bonchev–Trinajstić information content (AvgIpc) is 2.37. The number of ether oxygens (including phenoxy) is 1. The molecule has 2 rings (SSSR count). The van der Waals surface area contributed by atoms with E-state index in [1.165, 1.54) is 0 Å². The lowest BCUT2D eigenvalue weighted by Crippen LogP contribution is -2.08. The van der Waals surface area contributed by atoms with Crippen LogP contribution >= 0.6 is 23.2 Å². The number of nitrogens with two attached hydrogens (primary N) is 1. The smallest absolute Gasteiger partial charge is 0.124 e. The summed E-state index contributed by atoms with van der Waals surface area (Å²) in [7, 11) is 0. The molecule has 0 heterocycles. The van der Waals surface area contributed by atoms with Crippen LogP contribution in [0.1, 0.15) is 29.7 Å². The minimum Gasteiger partial charge on any atom is -0.488 e. The highest BCUT2D eigenvalue weighted by Gasteiger charge is 2.11. The van der Waals surface area contributed by atoms with Crippen molar-refractivity contribution < 1.29 is 4.74 Å². The maximum atomic E-state index is 6.14. The van der Waals surface area contributed by atoms with Gasteiger partial charge in [0, 0.05) is 27.2 Å². The molecule has 106 valence electrons. The van der Waals surface area contributed by atoms with E-state index in [1.807, 2.05) is 38.1 Å². The summed E-state index contributed by atoms with van der Waals surface area (Å²) < 4.78 is 5.88. The second-order valence-corrected chi connectivity index (χ2v) is 5.63. The molecular formula is C16H17Cl2NO. The van der Waals surface area contributed by atoms with Crippen molar-refractivity contribution in [3.05, 3.63) is 63.1 Å². The van der Waals surface area contributed by atoms with Crippen molar-refractivity contribution in [2.24, 2.45) is 5.73 Å². The molecule has 0 aliphatic rings. The second kappa shape index (κ2) is 6.49. The third-order valence-electron chi connectivity index (χ3n) is 3.09. The van der Waals surface area contributed by atoms with E-state index in [9.17, 15) is 0 Å². The van der Waals surface area contributed by atoms with E-state index in [0.717, 1.165) is 22.4 Å². The van der Waals surface area contributed by atoms with Crippen molar-refractivity contribution in [3.8, 4) is 5.75 Å². The molecule has 0 amide bonds. The quantitative estimate of drug-likeness (QED) is 0.871. The molecule has 0 aromatic heterocycles. The monoisotopic (exact) mass is 309 g/mol. The SMILES string of the molecule is Cc1ccc([C@H](C)N)c(OCc2c(Cl)cccc2Cl)c1. The van der Waals surface area contributed by atoms with Crippen molar-refractivity contribution >= 4 is 23.2 Å². The van der Waals surface area contributed by atoms with E-state index < -0.39 is 0 Å². The standard InChI is InChI=1S/C16H17Cl2NO/c1-10-6-7-12(11(2)19)16(8-10)20-9-13-14(17)4-3-5-15(13)18/h3-8,11H,9,19H2,1-2H3/t11-/m0/s1. The molecule has 0 saturated heterocycles. The second-order valence-electron chi connectivity index (χ2n) is 4.82. The van der Waals surface area contributed by atoms with Gasteiger partial charge in [-0.1, -0.05) is 41.4 Å². The topological polar surface area (TPSA) is 35.2 Å². The molecule has 20 heavy (non-hydrogen) atoms. The highest BCUT2D eigenvalue weighted by atomic mass is 35.5. The molecule has 0 unspecified atom stereocenters. The van der Waals surface area contributed by atoms with Gasteiger partial charge in [0.15, 0.2) is 0 Å². The number of rotatable bonds is 4. The van der Waals surface area contributed by atoms with Crippen molar-refractivity contribution in [3.63, 3.8) is 0 Å². The van der Waals surface area contributed by atoms with Crippen molar-refractivity contribution in [1.82, 2.24) is 0 Å². The van der Waals surface area contributed by atoms with Crippen molar-refractivity contribution in [2.45, 2.75) is 26.5 Å². The van der Waals surface area contributed by atoms with E-state index >= 15 is 0 Å². The Balaban J connectivity index is 2.25. The Labute approximate surface area is 129 Å². The lowest BCUT2D eigenvalue weighted by molar-refractivity contribution is 0.301. The first kappa shape index (κ1) is 15.2. The van der Waals surface area contributed by atoms with Crippen LogP contribution in [0.15, 0.2) is 36.4 Å². The molecule has 0 aliphatic carbocycles. The van der Waals surface area contributed by atoms with Crippen LogP contribution in [-0.2, 0) is 6.61 Å². The summed E-state index contributed by atoms with van der Waals surface area (Å²) in [6, 6.07) is 11.3. The molecule has 1 atom stereocenters. The predicted octanol–water partition coefficient (Wildman–Crippen LogP) is 4.90. The van der Waals surface area contributed by atoms with Gasteiger partial charge >= 0.3 is 0 Å². The fourth-order valence-electron chi connectivity index (χ4n) is 1.96. The third-order valence-corrected chi connectivity index (χ3v) is 3.80. The van der Waals surface area contributed by atoms with Crippen LogP contribution in [0.5, 0.6) is 5.75 Å². The molecule has 0 spiro atoms. The van der Waals surface area contributed by atoms with E-state index in [-0.39, 0.29) is 6.04 Å². The molecule has 4 heteroatoms. The largest absolute Gasteiger partial charge is 0.488 e. The van der Waals surface area contributed by atoms with Gasteiger partial charge in [-0.25, -0.2) is 0 Å². The summed E-state index contributed by atoms with van der Waals surface area (Å²) in [6.07, 6.45) is 0. The van der Waals surface area contributed by atoms with Crippen LogP contribution < -0.4 is 10.5 Å². The lowest BCUT2D eigenvalue weighted by Gasteiger charge is -2.16. The van der Waals surface area contributed by atoms with Gasteiger partial charge in [-0.2, -0.15) is 0 Å². The van der Waals surface area contributed by atoms with Gasteiger partial charge in [0.2, 0.25) is 0 Å². The fraction of sp³-hybridized carbons (Fsp3) is 0.250. The zero-order valence-electron chi connectivity index (χ0n) is 11.5. The summed E-state index contributed by atoms with van der Waals surface area (Å²) in [5.74, 6) is 0.774. The molecule has 0 saturated carbocycles. The highest BCUT2D eigenvalue weighted by molar-refractivity contribution is 6.35. The Hall–Kier alpha value is -1.22. The fourth-order valence-corrected chi connectivity index (χ4v) is 2.47. The Morgan fingerprint density at radius 3 is 2.40 bits per heavy atom. The molecule has 2 nitrogen and oxygen atoms in total. The first-order valence-electron chi connectivity index (χ1n) is 6.41. The van der Waals surface area contributed by atoms with Gasteiger partial charge in [-0.15, -0.1) is 0 Å². The number of benzene rings is 2. The number of aryl methyl sites for hydroxylation is 1. The molecular weight excluding hydrogens is 293 g/mol. The summed E-state index contributed by atoms with van der Waals surface area (Å²) in [4.78, 5) is 0. The van der Waals surface area contributed by atoms with E-state index in [2.05, 4.69) is 0 Å². The number of hydrogen-bond acceptors (Lipinski definition) is 2. The Kier molecular flexibility index (Phi) is 4.92. The molecule has 2 aromatic carbocycles. The Bertz CT molecular complexity index is 591. The van der Waals surface area contributed by atoms with Crippen LogP contribution in [0.25, 0.3) is 0 Å². The van der Waals surface area contributed by atoms with Gasteiger partial charge < -0.3 is 10.5 Å². The molecule has 2 N–H and O–H groups in total. The molecule has 0 fully saturated rings. The van der Waals surface area contributed by atoms with Gasteiger partial charge in [0.25, 0.3) is 0 Å². The first-order valence-corrected chi connectivity index (χ1v) is 7.16. The van der Waals surface area contributed by atoms with E-state index in [1.54, 1.807) is 12.1 Å².